The average molecular weight is 294 g/mol. The van der Waals surface area contributed by atoms with Crippen molar-refractivity contribution < 1.29 is 4.79 Å². The average Bonchev–Trinajstić information content (AvgIpc) is 2.85. The number of nitrogens with zero attached hydrogens (tertiary/aromatic N) is 1. The Labute approximate surface area is 123 Å². The maximum Gasteiger partial charge on any atom is 0.242 e. The molecule has 3 nitrogen and oxygen atoms in total. The molecule has 1 amide bonds. The van der Waals surface area contributed by atoms with Gasteiger partial charge in [-0.05, 0) is 49.8 Å². The molecule has 0 radical (unpaired) electrons. The van der Waals surface area contributed by atoms with Gasteiger partial charge in [0, 0.05) is 18.3 Å². The van der Waals surface area contributed by atoms with Gasteiger partial charge in [0.1, 0.15) is 4.99 Å². The number of hydrogen-bond acceptors (Lipinski definition) is 3. The summed E-state index contributed by atoms with van der Waals surface area (Å²) in [6.07, 6.45) is 2.06. The van der Waals surface area contributed by atoms with Crippen molar-refractivity contribution in [2.45, 2.75) is 24.5 Å². The summed E-state index contributed by atoms with van der Waals surface area (Å²) < 4.78 is -0.281. The Kier molecular flexibility index (Phi) is 4.16. The van der Waals surface area contributed by atoms with Gasteiger partial charge in [-0.15, -0.1) is 11.8 Å². The fraction of sp³-hybridized carbons (Fsp3) is 0.429. The molecule has 0 spiro atoms. The van der Waals surface area contributed by atoms with Gasteiger partial charge in [-0.25, -0.2) is 0 Å². The Balaban J connectivity index is 2.17. The van der Waals surface area contributed by atoms with Gasteiger partial charge in [0.25, 0.3) is 0 Å². The van der Waals surface area contributed by atoms with Crippen molar-refractivity contribution >= 4 is 40.6 Å². The van der Waals surface area contributed by atoms with Gasteiger partial charge >= 0.3 is 0 Å². The van der Waals surface area contributed by atoms with E-state index in [1.54, 1.807) is 16.7 Å². The fourth-order valence-electron chi connectivity index (χ4n) is 2.27. The molecule has 2 rings (SSSR count). The quantitative estimate of drug-likeness (QED) is 0.870. The highest BCUT2D eigenvalue weighted by Gasteiger charge is 2.39. The zero-order valence-corrected chi connectivity index (χ0v) is 12.8. The monoisotopic (exact) mass is 294 g/mol. The first-order valence-corrected chi connectivity index (χ1v) is 7.65. The van der Waals surface area contributed by atoms with E-state index in [0.29, 0.717) is 4.99 Å². The third kappa shape index (κ3) is 2.92. The number of carbonyl (C=O) groups is 1. The Morgan fingerprint density at radius 3 is 2.53 bits per heavy atom. The summed E-state index contributed by atoms with van der Waals surface area (Å²) in [6, 6.07) is 7.47. The van der Waals surface area contributed by atoms with E-state index in [2.05, 4.69) is 0 Å². The Hall–Kier alpha value is -1.07. The molecule has 1 unspecified atom stereocenters. The van der Waals surface area contributed by atoms with Gasteiger partial charge in [-0.2, -0.15) is 0 Å². The van der Waals surface area contributed by atoms with Crippen LogP contribution in [0.4, 0.5) is 5.69 Å². The van der Waals surface area contributed by atoms with E-state index in [-0.39, 0.29) is 10.7 Å². The van der Waals surface area contributed by atoms with Crippen LogP contribution in [0.5, 0.6) is 0 Å². The SMILES string of the molecule is CN(C(=O)C1(C)CCCS1)c1ccc(C(N)=S)cc1. The lowest BCUT2D eigenvalue weighted by Gasteiger charge is -2.28. The van der Waals surface area contributed by atoms with Gasteiger partial charge in [0.2, 0.25) is 5.91 Å². The van der Waals surface area contributed by atoms with Gasteiger partial charge in [-0.3, -0.25) is 4.79 Å². The highest BCUT2D eigenvalue weighted by atomic mass is 32.2. The molecule has 1 aromatic carbocycles. The maximum absolute atomic E-state index is 12.5. The van der Waals surface area contributed by atoms with Gasteiger partial charge in [-0.1, -0.05) is 12.2 Å². The summed E-state index contributed by atoms with van der Waals surface area (Å²) in [5, 5.41) is 0. The first-order valence-electron chi connectivity index (χ1n) is 6.26. The number of amides is 1. The second-order valence-corrected chi connectivity index (χ2v) is 7.00. The molecule has 1 saturated heterocycles. The zero-order chi connectivity index (χ0) is 14.0. The van der Waals surface area contributed by atoms with Crippen molar-refractivity contribution in [3.8, 4) is 0 Å². The molecule has 1 aromatic rings. The summed E-state index contributed by atoms with van der Waals surface area (Å²) >= 11 is 6.67. The molecular formula is C14H18N2OS2. The number of anilines is 1. The normalized spacial score (nSPS) is 22.2. The van der Waals surface area contributed by atoms with Crippen LogP contribution < -0.4 is 10.6 Å². The van der Waals surface area contributed by atoms with Gasteiger partial charge < -0.3 is 10.6 Å². The van der Waals surface area contributed by atoms with Crippen LogP contribution in [0, 0.1) is 0 Å². The molecule has 1 fully saturated rings. The number of thiocarbonyl (C=S) groups is 1. The maximum atomic E-state index is 12.5. The number of carbonyl (C=O) groups excluding carboxylic acids is 1. The van der Waals surface area contributed by atoms with Crippen LogP contribution in [-0.4, -0.2) is 28.4 Å². The fourth-order valence-corrected chi connectivity index (χ4v) is 3.69. The summed E-state index contributed by atoms with van der Waals surface area (Å²) in [4.78, 5) is 14.6. The van der Waals surface area contributed by atoms with Crippen LogP contribution in [-0.2, 0) is 4.79 Å². The van der Waals surface area contributed by atoms with Crippen LogP contribution in [0.3, 0.4) is 0 Å². The number of nitrogens with two attached hydrogens (primary N) is 1. The van der Waals surface area contributed by atoms with Crippen LogP contribution in [0.1, 0.15) is 25.3 Å². The lowest BCUT2D eigenvalue weighted by molar-refractivity contribution is -0.120. The third-order valence-corrected chi connectivity index (χ3v) is 5.26. The van der Waals surface area contributed by atoms with Crippen molar-refractivity contribution in [3.05, 3.63) is 29.8 Å². The van der Waals surface area contributed by atoms with E-state index in [0.717, 1.165) is 29.8 Å². The third-order valence-electron chi connectivity index (χ3n) is 3.51. The second-order valence-electron chi connectivity index (χ2n) is 4.96. The Bertz CT molecular complexity index is 493. The standard InChI is InChI=1S/C14H18N2OS2/c1-14(8-3-9-19-14)13(17)16(2)11-6-4-10(5-7-11)12(15)18/h4-7H,3,8-9H2,1-2H3,(H2,15,18). The molecule has 2 N–H and O–H groups in total. The van der Waals surface area contributed by atoms with Crippen molar-refractivity contribution in [2.24, 2.45) is 5.73 Å². The molecule has 0 aliphatic carbocycles. The Morgan fingerprint density at radius 2 is 2.05 bits per heavy atom. The molecule has 1 heterocycles. The predicted molar refractivity (Wildman–Crippen MR) is 85.8 cm³/mol. The zero-order valence-electron chi connectivity index (χ0n) is 11.2. The minimum atomic E-state index is -0.281. The van der Waals surface area contributed by atoms with Crippen LogP contribution in [0.15, 0.2) is 24.3 Å². The second kappa shape index (κ2) is 5.51. The smallest absolute Gasteiger partial charge is 0.242 e. The molecule has 1 aliphatic heterocycles. The summed E-state index contributed by atoms with van der Waals surface area (Å²) in [6.45, 7) is 2.03. The molecule has 1 aliphatic rings. The Morgan fingerprint density at radius 1 is 1.42 bits per heavy atom. The van der Waals surface area contributed by atoms with E-state index in [4.69, 9.17) is 18.0 Å². The van der Waals surface area contributed by atoms with Gasteiger partial charge in [0.15, 0.2) is 0 Å². The molecule has 1 atom stereocenters. The predicted octanol–water partition coefficient (Wildman–Crippen LogP) is 2.57. The minimum absolute atomic E-state index is 0.165. The van der Waals surface area contributed by atoms with Crippen LogP contribution in [0.2, 0.25) is 0 Å². The number of hydrogen-bond donors (Lipinski definition) is 1. The first-order chi connectivity index (χ1) is 8.94. The van der Waals surface area contributed by atoms with Crippen molar-refractivity contribution in [2.75, 3.05) is 17.7 Å². The minimum Gasteiger partial charge on any atom is -0.389 e. The van der Waals surface area contributed by atoms with Crippen molar-refractivity contribution in [1.82, 2.24) is 0 Å². The van der Waals surface area contributed by atoms with Crippen molar-refractivity contribution in [1.29, 1.82) is 0 Å². The molecule has 0 bridgehead atoms. The molecule has 5 heteroatoms. The number of thioether (sulfide) groups is 1. The lowest BCUT2D eigenvalue weighted by atomic mass is 10.0. The number of benzene rings is 1. The largest absolute Gasteiger partial charge is 0.389 e. The van der Waals surface area contributed by atoms with E-state index < -0.39 is 0 Å². The molecule has 19 heavy (non-hydrogen) atoms. The molecular weight excluding hydrogens is 276 g/mol. The molecule has 102 valence electrons. The molecule has 0 aromatic heterocycles. The summed E-state index contributed by atoms with van der Waals surface area (Å²) in [5.74, 6) is 1.23. The van der Waals surface area contributed by atoms with E-state index in [9.17, 15) is 4.79 Å². The van der Waals surface area contributed by atoms with E-state index in [1.165, 1.54) is 0 Å². The number of rotatable bonds is 3. The topological polar surface area (TPSA) is 46.3 Å². The highest BCUT2D eigenvalue weighted by molar-refractivity contribution is 8.01. The lowest BCUT2D eigenvalue weighted by Crippen LogP contribution is -2.41. The first kappa shape index (κ1) is 14.3. The van der Waals surface area contributed by atoms with E-state index in [1.807, 2.05) is 38.2 Å². The van der Waals surface area contributed by atoms with E-state index >= 15 is 0 Å². The van der Waals surface area contributed by atoms with Gasteiger partial charge in [0.05, 0.1) is 4.75 Å². The highest BCUT2D eigenvalue weighted by Crippen LogP contribution is 2.39. The van der Waals surface area contributed by atoms with Crippen molar-refractivity contribution in [3.63, 3.8) is 0 Å². The van der Waals surface area contributed by atoms with Crippen LogP contribution in [0.25, 0.3) is 0 Å². The van der Waals surface area contributed by atoms with Crippen LogP contribution >= 0.6 is 24.0 Å². The summed E-state index contributed by atoms with van der Waals surface area (Å²) in [5.41, 5.74) is 7.26. The summed E-state index contributed by atoms with van der Waals surface area (Å²) in [7, 11) is 1.82. The molecule has 0 saturated carbocycles.